The van der Waals surface area contributed by atoms with Gasteiger partial charge in [-0.05, 0) is 0 Å². The standard InChI is InChI=1S/C11H10N2O.Tl/c1-8-3-2-4-9(5-8)11(14)10-6-12-7-13-10;/h2-7H,1H3,(H,12,13,14);/q;+1/p-1. The van der Waals surface area contributed by atoms with E-state index in [-0.39, 0.29) is 5.78 Å². The molecule has 72 valence electrons. The molecule has 0 unspecified atom stereocenters. The molecule has 0 radical (unpaired) electrons. The molecule has 4 heteroatoms. The summed E-state index contributed by atoms with van der Waals surface area (Å²) in [6.45, 7) is 1.98. The van der Waals surface area contributed by atoms with Gasteiger partial charge in [0.05, 0.1) is 0 Å². The van der Waals surface area contributed by atoms with Crippen LogP contribution in [0.1, 0.15) is 21.6 Å². The van der Waals surface area contributed by atoms with Crippen LogP contribution in [0.5, 0.6) is 0 Å². The molecule has 0 aliphatic carbocycles. The average Bonchev–Trinajstić information content (AvgIpc) is 2.64. The number of carbonyl (C=O) groups excluding carboxylic acids is 1. The molecule has 1 aromatic heterocycles. The molecule has 1 aromatic carbocycles. The average molecular weight is 390 g/mol. The van der Waals surface area contributed by atoms with Gasteiger partial charge in [-0.15, -0.1) is 0 Å². The van der Waals surface area contributed by atoms with E-state index in [0.29, 0.717) is 37.3 Å². The SMILES string of the molecule is Cc1cccc(C(=O)c2c[n]([Tl])cn2)c1. The van der Waals surface area contributed by atoms with Gasteiger partial charge in [0.25, 0.3) is 0 Å². The zero-order chi connectivity index (χ0) is 10.8. The minimum atomic E-state index is -0.00176. The summed E-state index contributed by atoms with van der Waals surface area (Å²) in [6.07, 6.45) is 3.50. The molecule has 0 fully saturated rings. The Hall–Kier alpha value is -0.978. The van der Waals surface area contributed by atoms with Crippen molar-refractivity contribution >= 4 is 31.8 Å². The molecule has 0 bridgehead atoms. The van der Waals surface area contributed by atoms with Gasteiger partial charge in [-0.3, -0.25) is 0 Å². The molecule has 0 N–H and O–H groups in total. The minimum absolute atomic E-state index is 0.00176. The van der Waals surface area contributed by atoms with Crippen molar-refractivity contribution in [2.75, 3.05) is 0 Å². The van der Waals surface area contributed by atoms with E-state index in [0.717, 1.165) is 5.56 Å². The van der Waals surface area contributed by atoms with Crippen LogP contribution in [0.25, 0.3) is 0 Å². The first kappa shape index (κ1) is 10.5. The quantitative estimate of drug-likeness (QED) is 0.574. The maximum atomic E-state index is 12.0. The molecule has 0 atom stereocenters. The topological polar surface area (TPSA) is 34.9 Å². The molecule has 0 spiro atoms. The summed E-state index contributed by atoms with van der Waals surface area (Å²) in [5.74, 6) is -0.00176. The number of ketones is 1. The van der Waals surface area contributed by atoms with Gasteiger partial charge in [0.1, 0.15) is 0 Å². The summed E-state index contributed by atoms with van der Waals surface area (Å²) in [4.78, 5) is 16.0. The van der Waals surface area contributed by atoms with E-state index >= 15 is 0 Å². The Morgan fingerprint density at radius 2 is 2.27 bits per heavy atom. The van der Waals surface area contributed by atoms with Crippen LogP contribution in [0.15, 0.2) is 36.8 Å². The number of aromatic nitrogens is 2. The van der Waals surface area contributed by atoms with Crippen LogP contribution in [-0.2, 0) is 0 Å². The summed E-state index contributed by atoms with van der Waals surface area (Å²) in [6, 6.07) is 7.58. The number of hydrogen-bond acceptors (Lipinski definition) is 2. The van der Waals surface area contributed by atoms with Gasteiger partial charge < -0.3 is 0 Å². The molecule has 2 rings (SSSR count). The van der Waals surface area contributed by atoms with E-state index in [1.165, 1.54) is 0 Å². The first-order valence-corrected chi connectivity index (χ1v) is 6.58. The predicted octanol–water partition coefficient (Wildman–Crippen LogP) is 1.35. The Kier molecular flexibility index (Phi) is 2.99. The fourth-order valence-electron chi connectivity index (χ4n) is 1.39. The third-order valence-electron chi connectivity index (χ3n) is 2.11. The number of nitrogens with zero attached hydrogens (tertiary/aromatic N) is 2. The second-order valence-corrected chi connectivity index (χ2v) is 5.72. The van der Waals surface area contributed by atoms with Crippen molar-refractivity contribution < 1.29 is 4.79 Å². The zero-order valence-electron chi connectivity index (χ0n) is 8.34. The summed E-state index contributed by atoms with van der Waals surface area (Å²) >= 11 is 0.654. The molecule has 3 nitrogen and oxygen atoms in total. The van der Waals surface area contributed by atoms with Crippen molar-refractivity contribution in [2.45, 2.75) is 6.92 Å². The molecule has 0 aliphatic rings. The summed E-state index contributed by atoms with van der Waals surface area (Å²) < 4.78 is 1.93. The van der Waals surface area contributed by atoms with Gasteiger partial charge >= 0.3 is 105 Å². The van der Waals surface area contributed by atoms with Gasteiger partial charge in [-0.1, -0.05) is 0 Å². The van der Waals surface area contributed by atoms with Gasteiger partial charge in [-0.2, -0.15) is 0 Å². The number of aryl methyl sites for hydroxylation is 1. The zero-order valence-corrected chi connectivity index (χ0v) is 12.8. The molecule has 15 heavy (non-hydrogen) atoms. The Morgan fingerprint density at radius 1 is 1.47 bits per heavy atom. The molecule has 0 saturated carbocycles. The van der Waals surface area contributed by atoms with E-state index in [1.807, 2.05) is 33.6 Å². The maximum absolute atomic E-state index is 12.0. The fourth-order valence-corrected chi connectivity index (χ4v) is 2.20. The molecule has 2 aromatic rings. The second kappa shape index (κ2) is 4.26. The summed E-state index contributed by atoms with van der Waals surface area (Å²) in [7, 11) is 0. The van der Waals surface area contributed by atoms with Crippen molar-refractivity contribution in [1.82, 2.24) is 7.36 Å². The van der Waals surface area contributed by atoms with Crippen molar-refractivity contribution in [3.8, 4) is 0 Å². The van der Waals surface area contributed by atoms with Crippen molar-refractivity contribution in [3.05, 3.63) is 53.6 Å². The second-order valence-electron chi connectivity index (χ2n) is 3.40. The van der Waals surface area contributed by atoms with Crippen LogP contribution < -0.4 is 0 Å². The summed E-state index contributed by atoms with van der Waals surface area (Å²) in [5.41, 5.74) is 2.33. The molecular formula is C11H9N2OTl. The van der Waals surface area contributed by atoms with Crippen LogP contribution >= 0.6 is 0 Å². The van der Waals surface area contributed by atoms with Crippen LogP contribution in [0.2, 0.25) is 0 Å². The van der Waals surface area contributed by atoms with E-state index in [9.17, 15) is 4.79 Å². The number of rotatable bonds is 2. The van der Waals surface area contributed by atoms with Crippen molar-refractivity contribution in [1.29, 1.82) is 0 Å². The number of carbonyl (C=O) groups is 1. The van der Waals surface area contributed by atoms with Gasteiger partial charge in [0.15, 0.2) is 0 Å². The third kappa shape index (κ3) is 2.34. The van der Waals surface area contributed by atoms with E-state index in [2.05, 4.69) is 4.98 Å². The van der Waals surface area contributed by atoms with E-state index in [1.54, 1.807) is 12.5 Å². The third-order valence-corrected chi connectivity index (χ3v) is 3.21. The number of hydrogen-bond donors (Lipinski definition) is 0. The summed E-state index contributed by atoms with van der Waals surface area (Å²) in [5, 5.41) is 0. The Bertz CT molecular complexity index is 505. The predicted molar refractivity (Wildman–Crippen MR) is 58.0 cm³/mol. The molecule has 0 saturated heterocycles. The van der Waals surface area contributed by atoms with Crippen molar-refractivity contribution in [2.24, 2.45) is 0 Å². The fraction of sp³-hybridized carbons (Fsp3) is 0.0909. The van der Waals surface area contributed by atoms with Gasteiger partial charge in [0, 0.05) is 0 Å². The van der Waals surface area contributed by atoms with E-state index < -0.39 is 0 Å². The molecular weight excluding hydrogens is 381 g/mol. The Morgan fingerprint density at radius 3 is 2.87 bits per heavy atom. The number of benzene rings is 1. The van der Waals surface area contributed by atoms with Crippen LogP contribution in [0.4, 0.5) is 0 Å². The van der Waals surface area contributed by atoms with Gasteiger partial charge in [0.2, 0.25) is 0 Å². The van der Waals surface area contributed by atoms with Crippen LogP contribution in [0, 0.1) is 6.92 Å². The monoisotopic (exact) mass is 390 g/mol. The normalized spacial score (nSPS) is 10.1. The van der Waals surface area contributed by atoms with E-state index in [4.69, 9.17) is 0 Å². The first-order chi connectivity index (χ1) is 7.16. The number of imidazole rings is 1. The Labute approximate surface area is 104 Å². The van der Waals surface area contributed by atoms with Crippen molar-refractivity contribution in [3.63, 3.8) is 0 Å². The molecule has 0 aliphatic heterocycles. The molecule has 0 amide bonds. The first-order valence-electron chi connectivity index (χ1n) is 4.57. The molecule has 1 heterocycles. The Balaban J connectivity index is 2.36. The van der Waals surface area contributed by atoms with Crippen LogP contribution in [-0.4, -0.2) is 39.2 Å². The van der Waals surface area contributed by atoms with Crippen LogP contribution in [0.3, 0.4) is 0 Å². The van der Waals surface area contributed by atoms with Gasteiger partial charge in [-0.25, -0.2) is 0 Å².